The van der Waals surface area contributed by atoms with Crippen molar-refractivity contribution in [1.82, 2.24) is 5.32 Å². The Balaban J connectivity index is 0.000000247. The van der Waals surface area contributed by atoms with Crippen LogP contribution in [0, 0.1) is 0 Å². The summed E-state index contributed by atoms with van der Waals surface area (Å²) in [5.74, 6) is -4.13. The van der Waals surface area contributed by atoms with Gasteiger partial charge in [-0.05, 0) is 38.1 Å². The van der Waals surface area contributed by atoms with E-state index in [1.54, 1.807) is 12.1 Å². The Bertz CT molecular complexity index is 963. The highest BCUT2D eigenvalue weighted by molar-refractivity contribution is 5.88. The fraction of sp³-hybridized carbons (Fsp3) is 0.450. The number of halogens is 3. The van der Waals surface area contributed by atoms with Crippen LogP contribution >= 0.6 is 0 Å². The minimum Gasteiger partial charge on any atom is -0.481 e. The van der Waals surface area contributed by atoms with Crippen LogP contribution in [0.2, 0.25) is 0 Å². The van der Waals surface area contributed by atoms with E-state index in [9.17, 15) is 27.6 Å². The largest absolute Gasteiger partial charge is 0.481 e. The number of furan rings is 1. The number of carboxylic acids is 3. The molecular formula is C20H22F3NO8. The lowest BCUT2D eigenvalue weighted by Gasteiger charge is -2.20. The summed E-state index contributed by atoms with van der Waals surface area (Å²) in [6.45, 7) is 1.77. The highest BCUT2D eigenvalue weighted by Crippen LogP contribution is 2.38. The number of hydrogen-bond acceptors (Lipinski definition) is 6. The van der Waals surface area contributed by atoms with E-state index in [-0.39, 0.29) is 11.5 Å². The first-order valence-electron chi connectivity index (χ1n) is 9.53. The van der Waals surface area contributed by atoms with E-state index in [0.717, 1.165) is 32.0 Å². The zero-order valence-corrected chi connectivity index (χ0v) is 16.7. The monoisotopic (exact) mass is 461 g/mol. The van der Waals surface area contributed by atoms with Gasteiger partial charge in [0.2, 0.25) is 0 Å². The summed E-state index contributed by atoms with van der Waals surface area (Å²) >= 11 is 0. The zero-order valence-electron chi connectivity index (χ0n) is 16.7. The van der Waals surface area contributed by atoms with Gasteiger partial charge in [0.1, 0.15) is 11.3 Å². The quantitative estimate of drug-likeness (QED) is 0.436. The molecule has 1 saturated heterocycles. The predicted octanol–water partition coefficient (Wildman–Crippen LogP) is 2.67. The maximum Gasteiger partial charge on any atom is 0.420 e. The molecule has 9 nitrogen and oxygen atoms in total. The van der Waals surface area contributed by atoms with Gasteiger partial charge in [0, 0.05) is 11.3 Å². The summed E-state index contributed by atoms with van der Waals surface area (Å²) in [5, 5.41) is 37.6. The van der Waals surface area contributed by atoms with Crippen LogP contribution < -0.4 is 5.32 Å². The maximum absolute atomic E-state index is 12.9. The van der Waals surface area contributed by atoms with Crippen LogP contribution in [0.1, 0.15) is 42.9 Å². The highest BCUT2D eigenvalue weighted by Gasteiger charge is 2.40. The first-order valence-corrected chi connectivity index (χ1v) is 9.53. The predicted molar refractivity (Wildman–Crippen MR) is 103 cm³/mol. The third kappa shape index (κ3) is 6.44. The fourth-order valence-electron chi connectivity index (χ4n) is 3.33. The van der Waals surface area contributed by atoms with Gasteiger partial charge >= 0.3 is 24.1 Å². The molecule has 0 spiro atoms. The Morgan fingerprint density at radius 2 is 1.59 bits per heavy atom. The standard InChI is InChI=1S/C14H14F3NO.C6H8O7/c15-14(16,17)11-3-1-2-10-8-12(19-13(10)11)9-4-6-18-7-5-9;7-3(8)1-6(13,5(11)12)2-4(9)10/h1-3,8-9,18H,4-7H2;13H,1-2H2,(H,7,8)(H,9,10)(H,11,12). The maximum atomic E-state index is 12.9. The molecule has 176 valence electrons. The molecule has 0 aliphatic carbocycles. The molecule has 0 amide bonds. The molecule has 0 unspecified atom stereocenters. The molecule has 0 atom stereocenters. The third-order valence-corrected chi connectivity index (χ3v) is 4.90. The van der Waals surface area contributed by atoms with Crippen molar-refractivity contribution in [3.63, 3.8) is 0 Å². The molecule has 1 aliphatic heterocycles. The number of aliphatic carboxylic acids is 3. The molecule has 3 rings (SSSR count). The van der Waals surface area contributed by atoms with Gasteiger partial charge in [-0.2, -0.15) is 13.2 Å². The number of benzene rings is 1. The Hall–Kier alpha value is -3.12. The number of rotatable bonds is 6. The van der Waals surface area contributed by atoms with Crippen LogP contribution in [0.25, 0.3) is 11.0 Å². The van der Waals surface area contributed by atoms with Crippen molar-refractivity contribution >= 4 is 28.9 Å². The third-order valence-electron chi connectivity index (χ3n) is 4.90. The highest BCUT2D eigenvalue weighted by atomic mass is 19.4. The number of carbonyl (C=O) groups is 3. The number of alkyl halides is 3. The lowest BCUT2D eigenvalue weighted by atomic mass is 9.95. The van der Waals surface area contributed by atoms with Crippen molar-refractivity contribution < 1.29 is 52.4 Å². The molecule has 5 N–H and O–H groups in total. The van der Waals surface area contributed by atoms with E-state index in [2.05, 4.69) is 5.32 Å². The minimum absolute atomic E-state index is 0.0384. The van der Waals surface area contributed by atoms with E-state index < -0.39 is 48.1 Å². The summed E-state index contributed by atoms with van der Waals surface area (Å²) in [6.07, 6.45) is -4.85. The molecule has 2 aromatic rings. The van der Waals surface area contributed by atoms with Gasteiger partial charge in [0.05, 0.1) is 18.4 Å². The van der Waals surface area contributed by atoms with Crippen molar-refractivity contribution in [2.24, 2.45) is 0 Å². The Labute approximate surface area is 179 Å². The van der Waals surface area contributed by atoms with Crippen molar-refractivity contribution in [1.29, 1.82) is 0 Å². The van der Waals surface area contributed by atoms with Gasteiger partial charge in [-0.15, -0.1) is 0 Å². The van der Waals surface area contributed by atoms with Crippen LogP contribution in [0.3, 0.4) is 0 Å². The van der Waals surface area contributed by atoms with Gasteiger partial charge in [-0.25, -0.2) is 4.79 Å². The number of nitrogens with one attached hydrogen (secondary N) is 1. The average molecular weight is 461 g/mol. The summed E-state index contributed by atoms with van der Waals surface area (Å²) < 4.78 is 44.2. The molecule has 0 radical (unpaired) electrons. The van der Waals surface area contributed by atoms with E-state index in [1.165, 1.54) is 6.07 Å². The van der Waals surface area contributed by atoms with Crippen LogP contribution in [0.15, 0.2) is 28.7 Å². The summed E-state index contributed by atoms with van der Waals surface area (Å²) in [4.78, 5) is 30.5. The number of carboxylic acid groups (broad SMARTS) is 3. The number of hydrogen-bond donors (Lipinski definition) is 5. The molecule has 2 heterocycles. The van der Waals surface area contributed by atoms with Crippen molar-refractivity contribution in [3.8, 4) is 0 Å². The first-order chi connectivity index (χ1) is 14.8. The van der Waals surface area contributed by atoms with Gasteiger partial charge in [0.15, 0.2) is 5.60 Å². The molecule has 1 aromatic carbocycles. The zero-order chi connectivity index (χ0) is 24.1. The normalized spacial score (nSPS) is 15.1. The number of fused-ring (bicyclic) bond motifs is 1. The van der Waals surface area contributed by atoms with E-state index >= 15 is 0 Å². The van der Waals surface area contributed by atoms with Gasteiger partial charge < -0.3 is 30.2 Å². The molecule has 32 heavy (non-hydrogen) atoms. The molecule has 0 bridgehead atoms. The molecule has 1 aliphatic rings. The lowest BCUT2D eigenvalue weighted by Crippen LogP contribution is -2.42. The van der Waals surface area contributed by atoms with Crippen molar-refractivity contribution in [3.05, 3.63) is 35.6 Å². The fourth-order valence-corrected chi connectivity index (χ4v) is 3.33. The first kappa shape index (κ1) is 25.1. The smallest absolute Gasteiger partial charge is 0.420 e. The van der Waals surface area contributed by atoms with Gasteiger partial charge in [0.25, 0.3) is 0 Å². The Morgan fingerprint density at radius 3 is 2.06 bits per heavy atom. The molecule has 0 saturated carbocycles. The van der Waals surface area contributed by atoms with Crippen LogP contribution in [0.4, 0.5) is 13.2 Å². The average Bonchev–Trinajstić information content (AvgIpc) is 3.11. The van der Waals surface area contributed by atoms with Crippen molar-refractivity contribution in [2.45, 2.75) is 43.4 Å². The van der Waals surface area contributed by atoms with E-state index in [4.69, 9.17) is 24.8 Å². The van der Waals surface area contributed by atoms with E-state index in [1.807, 2.05) is 0 Å². The second-order valence-electron chi connectivity index (χ2n) is 7.37. The second kappa shape index (κ2) is 10.0. The van der Waals surface area contributed by atoms with Crippen LogP contribution in [0.5, 0.6) is 0 Å². The Kier molecular flexibility index (Phi) is 7.86. The van der Waals surface area contributed by atoms with Crippen molar-refractivity contribution in [2.75, 3.05) is 13.1 Å². The number of para-hydroxylation sites is 1. The Morgan fingerprint density at radius 1 is 1.03 bits per heavy atom. The van der Waals surface area contributed by atoms with E-state index in [0.29, 0.717) is 11.1 Å². The minimum atomic E-state index is -4.37. The summed E-state index contributed by atoms with van der Waals surface area (Å²) in [6, 6.07) is 5.91. The number of aliphatic hydroxyl groups is 1. The molecular weight excluding hydrogens is 439 g/mol. The summed E-state index contributed by atoms with van der Waals surface area (Å²) in [7, 11) is 0. The summed E-state index contributed by atoms with van der Waals surface area (Å²) in [5.41, 5.74) is -3.47. The molecule has 1 fully saturated rings. The molecule has 1 aromatic heterocycles. The SMILES string of the molecule is FC(F)(F)c1cccc2cc(C3CCNCC3)oc12.O=C(O)CC(O)(CC(=O)O)C(=O)O. The van der Waals surface area contributed by atoms with Crippen LogP contribution in [-0.2, 0) is 20.6 Å². The molecule has 12 heteroatoms. The lowest BCUT2D eigenvalue weighted by molar-refractivity contribution is -0.170. The van der Waals surface area contributed by atoms with Gasteiger partial charge in [-0.1, -0.05) is 12.1 Å². The second-order valence-corrected chi connectivity index (χ2v) is 7.37. The van der Waals surface area contributed by atoms with Gasteiger partial charge in [-0.3, -0.25) is 9.59 Å². The topological polar surface area (TPSA) is 157 Å². The van der Waals surface area contributed by atoms with Crippen LogP contribution in [-0.4, -0.2) is 57.0 Å². The number of piperidine rings is 1.